The standard InChI is InChI=1S/C24H23ClN2O2S/c1-24(2,3)15-7-8-17-18(13-26)23(30-21(17)12-15)27-22(28)20-10-9-19(29-20)14-5-4-6-16(25)11-14/h4-6,9-11,15H,7-8,12H2,1-3H3,(H,27,28)/t15-/m0/s1. The first-order chi connectivity index (χ1) is 14.3. The molecule has 0 radical (unpaired) electrons. The molecule has 0 aliphatic heterocycles. The molecule has 1 amide bonds. The van der Waals surface area contributed by atoms with Crippen molar-refractivity contribution in [3.63, 3.8) is 0 Å². The van der Waals surface area contributed by atoms with E-state index in [9.17, 15) is 10.1 Å². The summed E-state index contributed by atoms with van der Waals surface area (Å²) in [6, 6.07) is 13.0. The van der Waals surface area contributed by atoms with Crippen molar-refractivity contribution in [2.24, 2.45) is 11.3 Å². The number of nitriles is 1. The summed E-state index contributed by atoms with van der Waals surface area (Å²) in [6.07, 6.45) is 2.90. The number of halogens is 1. The average molecular weight is 439 g/mol. The van der Waals surface area contributed by atoms with Crippen LogP contribution in [0.2, 0.25) is 5.02 Å². The van der Waals surface area contributed by atoms with Gasteiger partial charge in [-0.3, -0.25) is 4.79 Å². The van der Waals surface area contributed by atoms with E-state index in [1.54, 1.807) is 24.3 Å². The lowest BCUT2D eigenvalue weighted by Crippen LogP contribution is -2.26. The van der Waals surface area contributed by atoms with Gasteiger partial charge < -0.3 is 9.73 Å². The highest BCUT2D eigenvalue weighted by molar-refractivity contribution is 7.16. The van der Waals surface area contributed by atoms with Crippen molar-refractivity contribution in [3.05, 3.63) is 63.2 Å². The number of carbonyl (C=O) groups is 1. The normalized spacial score (nSPS) is 16.0. The van der Waals surface area contributed by atoms with Crippen LogP contribution in [0, 0.1) is 22.7 Å². The number of carbonyl (C=O) groups excluding carboxylic acids is 1. The van der Waals surface area contributed by atoms with E-state index in [-0.39, 0.29) is 17.1 Å². The highest BCUT2D eigenvalue weighted by atomic mass is 35.5. The van der Waals surface area contributed by atoms with Crippen LogP contribution in [0.5, 0.6) is 0 Å². The molecule has 0 fully saturated rings. The Morgan fingerprint density at radius 1 is 1.30 bits per heavy atom. The minimum Gasteiger partial charge on any atom is -0.451 e. The first kappa shape index (κ1) is 20.7. The predicted molar refractivity (Wildman–Crippen MR) is 121 cm³/mol. The Kier molecular flexibility index (Phi) is 5.48. The van der Waals surface area contributed by atoms with Crippen molar-refractivity contribution in [3.8, 4) is 17.4 Å². The fourth-order valence-electron chi connectivity index (χ4n) is 3.95. The summed E-state index contributed by atoms with van der Waals surface area (Å²) in [5.41, 5.74) is 2.72. The molecular formula is C24H23ClN2O2S. The maximum absolute atomic E-state index is 12.8. The average Bonchev–Trinajstić information content (AvgIpc) is 3.31. The van der Waals surface area contributed by atoms with Gasteiger partial charge in [0.25, 0.3) is 5.91 Å². The van der Waals surface area contributed by atoms with Gasteiger partial charge in [-0.25, -0.2) is 0 Å². The molecular weight excluding hydrogens is 416 g/mol. The SMILES string of the molecule is CC(C)(C)[C@H]1CCc2c(sc(NC(=O)c3ccc(-c4cccc(Cl)c4)o3)c2C#N)C1. The first-order valence-corrected chi connectivity index (χ1v) is 11.2. The lowest BCUT2D eigenvalue weighted by atomic mass is 9.72. The van der Waals surface area contributed by atoms with Gasteiger partial charge in [-0.15, -0.1) is 11.3 Å². The van der Waals surface area contributed by atoms with Gasteiger partial charge >= 0.3 is 0 Å². The lowest BCUT2D eigenvalue weighted by molar-refractivity contribution is 0.0998. The number of nitrogens with zero attached hydrogens (tertiary/aromatic N) is 1. The zero-order valence-corrected chi connectivity index (χ0v) is 18.8. The van der Waals surface area contributed by atoms with Crippen LogP contribution in [0.15, 0.2) is 40.8 Å². The van der Waals surface area contributed by atoms with Crippen molar-refractivity contribution in [2.75, 3.05) is 5.32 Å². The molecule has 0 saturated carbocycles. The molecule has 6 heteroatoms. The summed E-state index contributed by atoms with van der Waals surface area (Å²) in [6.45, 7) is 6.79. The summed E-state index contributed by atoms with van der Waals surface area (Å²) in [5.74, 6) is 0.990. The van der Waals surface area contributed by atoms with Crippen molar-refractivity contribution in [1.82, 2.24) is 0 Å². The van der Waals surface area contributed by atoms with Gasteiger partial charge in [-0.1, -0.05) is 44.5 Å². The molecule has 154 valence electrons. The van der Waals surface area contributed by atoms with Crippen molar-refractivity contribution in [1.29, 1.82) is 5.26 Å². The van der Waals surface area contributed by atoms with Crippen LogP contribution in [0.25, 0.3) is 11.3 Å². The molecule has 4 nitrogen and oxygen atoms in total. The minimum atomic E-state index is -0.356. The van der Waals surface area contributed by atoms with Crippen molar-refractivity contribution in [2.45, 2.75) is 40.0 Å². The number of nitrogens with one attached hydrogen (secondary N) is 1. The molecule has 0 saturated heterocycles. The zero-order chi connectivity index (χ0) is 21.5. The minimum absolute atomic E-state index is 0.202. The third kappa shape index (κ3) is 4.03. The van der Waals surface area contributed by atoms with E-state index in [4.69, 9.17) is 16.0 Å². The second-order valence-electron chi connectivity index (χ2n) is 8.75. The highest BCUT2D eigenvalue weighted by Crippen LogP contribution is 2.44. The molecule has 1 aliphatic rings. The second-order valence-corrected chi connectivity index (χ2v) is 10.3. The number of hydrogen-bond acceptors (Lipinski definition) is 4. The number of amides is 1. The summed E-state index contributed by atoms with van der Waals surface area (Å²) in [4.78, 5) is 14.0. The number of fused-ring (bicyclic) bond motifs is 1. The van der Waals surface area contributed by atoms with Gasteiger partial charge in [0, 0.05) is 15.5 Å². The number of rotatable bonds is 3. The van der Waals surface area contributed by atoms with Gasteiger partial charge in [0.2, 0.25) is 0 Å². The molecule has 2 aromatic heterocycles. The van der Waals surface area contributed by atoms with Crippen LogP contribution < -0.4 is 5.32 Å². The number of anilines is 1. The van der Waals surface area contributed by atoms with E-state index in [2.05, 4.69) is 32.2 Å². The molecule has 0 bridgehead atoms. The van der Waals surface area contributed by atoms with Crippen LogP contribution in [0.4, 0.5) is 5.00 Å². The van der Waals surface area contributed by atoms with Crippen LogP contribution in [-0.4, -0.2) is 5.91 Å². The first-order valence-electron chi connectivity index (χ1n) is 9.98. The second kappa shape index (κ2) is 7.94. The van der Waals surface area contributed by atoms with E-state index in [0.29, 0.717) is 27.3 Å². The van der Waals surface area contributed by atoms with Gasteiger partial charge in [-0.2, -0.15) is 5.26 Å². The van der Waals surface area contributed by atoms with Crippen LogP contribution in [0.1, 0.15) is 53.8 Å². The highest BCUT2D eigenvalue weighted by Gasteiger charge is 2.32. The Labute approximate surface area is 185 Å². The van der Waals surface area contributed by atoms with Gasteiger partial charge in [0.15, 0.2) is 5.76 Å². The molecule has 1 atom stereocenters. The molecule has 1 aliphatic carbocycles. The largest absolute Gasteiger partial charge is 0.451 e. The third-order valence-electron chi connectivity index (χ3n) is 5.77. The third-order valence-corrected chi connectivity index (χ3v) is 7.17. The van der Waals surface area contributed by atoms with E-state index < -0.39 is 0 Å². The van der Waals surface area contributed by atoms with Crippen LogP contribution in [0.3, 0.4) is 0 Å². The van der Waals surface area contributed by atoms with E-state index >= 15 is 0 Å². The Morgan fingerprint density at radius 2 is 2.10 bits per heavy atom. The summed E-state index contributed by atoms with van der Waals surface area (Å²) in [5, 5.41) is 13.8. The monoisotopic (exact) mass is 438 g/mol. The van der Waals surface area contributed by atoms with Crippen LogP contribution >= 0.6 is 22.9 Å². The van der Waals surface area contributed by atoms with Crippen molar-refractivity contribution >= 4 is 33.8 Å². The molecule has 1 aromatic carbocycles. The predicted octanol–water partition coefficient (Wildman–Crippen LogP) is 6.94. The number of furan rings is 1. The topological polar surface area (TPSA) is 66.0 Å². The number of thiophene rings is 1. The fourth-order valence-corrected chi connectivity index (χ4v) is 5.42. The summed E-state index contributed by atoms with van der Waals surface area (Å²) in [7, 11) is 0. The lowest BCUT2D eigenvalue weighted by Gasteiger charge is -2.33. The summed E-state index contributed by atoms with van der Waals surface area (Å²) < 4.78 is 5.75. The van der Waals surface area contributed by atoms with Gasteiger partial charge in [-0.05, 0) is 60.4 Å². The zero-order valence-electron chi connectivity index (χ0n) is 17.2. The Bertz CT molecular complexity index is 1150. The molecule has 0 spiro atoms. The fraction of sp³-hybridized carbons (Fsp3) is 0.333. The maximum Gasteiger partial charge on any atom is 0.292 e. The molecule has 1 N–H and O–H groups in total. The molecule has 0 unspecified atom stereocenters. The van der Waals surface area contributed by atoms with Crippen molar-refractivity contribution < 1.29 is 9.21 Å². The Morgan fingerprint density at radius 3 is 2.80 bits per heavy atom. The Hall–Kier alpha value is -2.55. The Balaban J connectivity index is 1.56. The van der Waals surface area contributed by atoms with E-state index in [1.807, 2.05) is 12.1 Å². The van der Waals surface area contributed by atoms with Gasteiger partial charge in [0.05, 0.1) is 5.56 Å². The van der Waals surface area contributed by atoms with E-state index in [0.717, 1.165) is 30.4 Å². The maximum atomic E-state index is 12.8. The summed E-state index contributed by atoms with van der Waals surface area (Å²) >= 11 is 7.56. The molecule has 3 aromatic rings. The molecule has 2 heterocycles. The number of hydrogen-bond donors (Lipinski definition) is 1. The van der Waals surface area contributed by atoms with E-state index in [1.165, 1.54) is 16.2 Å². The van der Waals surface area contributed by atoms with Crippen LogP contribution in [-0.2, 0) is 12.8 Å². The molecule has 4 rings (SSSR count). The number of benzene rings is 1. The quantitative estimate of drug-likeness (QED) is 0.481. The van der Waals surface area contributed by atoms with Gasteiger partial charge in [0.1, 0.15) is 16.8 Å². The smallest absolute Gasteiger partial charge is 0.292 e. The molecule has 30 heavy (non-hydrogen) atoms.